The van der Waals surface area contributed by atoms with Gasteiger partial charge in [-0.15, -0.1) is 35.9 Å². The topological polar surface area (TPSA) is 17.1 Å². The average Bonchev–Trinajstić information content (AvgIpc) is 1.90. The summed E-state index contributed by atoms with van der Waals surface area (Å²) in [6.45, 7) is 0. The van der Waals surface area contributed by atoms with Crippen LogP contribution in [0.15, 0.2) is 24.3 Å². The van der Waals surface area contributed by atoms with E-state index < -0.39 is 0 Å². The number of hydrogen-bond donors (Lipinski definition) is 0. The van der Waals surface area contributed by atoms with Gasteiger partial charge in [-0.25, -0.2) is 0 Å². The van der Waals surface area contributed by atoms with E-state index in [9.17, 15) is 4.79 Å². The van der Waals surface area contributed by atoms with Crippen LogP contribution in [0, 0.1) is 6.07 Å². The van der Waals surface area contributed by atoms with Crippen LogP contribution >= 0.6 is 0 Å². The number of aldehydes is 1. The summed E-state index contributed by atoms with van der Waals surface area (Å²) < 4.78 is 0. The molecular formula is C7H5NaO. The van der Waals surface area contributed by atoms with Crippen molar-refractivity contribution in [2.24, 2.45) is 0 Å². The van der Waals surface area contributed by atoms with Crippen LogP contribution in [0.2, 0.25) is 0 Å². The standard InChI is InChI=1S/C7H5O.Na/c8-6-7-4-2-1-3-5-7;/h1-4,6H;/q-1;+1. The zero-order chi connectivity index (χ0) is 5.82. The van der Waals surface area contributed by atoms with Gasteiger partial charge in [0.1, 0.15) is 0 Å². The number of carbonyl (C=O) groups excluding carboxylic acids is 1. The van der Waals surface area contributed by atoms with Crippen molar-refractivity contribution in [2.45, 2.75) is 0 Å². The molecule has 0 fully saturated rings. The normalized spacial score (nSPS) is 7.56. The molecule has 2 heteroatoms. The first-order chi connectivity index (χ1) is 3.93. The molecule has 9 heavy (non-hydrogen) atoms. The van der Waals surface area contributed by atoms with E-state index in [2.05, 4.69) is 6.07 Å². The predicted molar refractivity (Wildman–Crippen MR) is 30.7 cm³/mol. The molecule has 0 radical (unpaired) electrons. The van der Waals surface area contributed by atoms with E-state index in [1.54, 1.807) is 18.2 Å². The van der Waals surface area contributed by atoms with Crippen molar-refractivity contribution in [1.29, 1.82) is 0 Å². The molecule has 40 valence electrons. The van der Waals surface area contributed by atoms with Gasteiger partial charge in [0.05, 0.1) is 6.29 Å². The van der Waals surface area contributed by atoms with Gasteiger partial charge in [-0.2, -0.15) is 0 Å². The Bertz CT molecular complexity index is 172. The minimum absolute atomic E-state index is 0. The van der Waals surface area contributed by atoms with E-state index in [4.69, 9.17) is 0 Å². The average molecular weight is 128 g/mol. The van der Waals surface area contributed by atoms with E-state index in [-0.39, 0.29) is 29.6 Å². The second kappa shape index (κ2) is 4.74. The third kappa shape index (κ3) is 2.80. The summed E-state index contributed by atoms with van der Waals surface area (Å²) in [6, 6.07) is 9.81. The van der Waals surface area contributed by atoms with E-state index in [1.807, 2.05) is 6.07 Å². The molecule has 1 aromatic rings. The Labute approximate surface area is 76.4 Å². The Morgan fingerprint density at radius 1 is 1.44 bits per heavy atom. The maximum Gasteiger partial charge on any atom is 1.00 e. The van der Waals surface area contributed by atoms with Crippen molar-refractivity contribution < 1.29 is 34.4 Å². The van der Waals surface area contributed by atoms with Crippen molar-refractivity contribution in [2.75, 3.05) is 0 Å². The molecule has 1 aromatic carbocycles. The quantitative estimate of drug-likeness (QED) is 0.250. The molecule has 0 saturated heterocycles. The molecule has 0 unspecified atom stereocenters. The summed E-state index contributed by atoms with van der Waals surface area (Å²) in [4.78, 5) is 9.98. The SMILES string of the molecule is O=Cc1[c-]cccc1.[Na+]. The van der Waals surface area contributed by atoms with Crippen molar-refractivity contribution >= 4 is 6.29 Å². The molecule has 0 aliphatic rings. The van der Waals surface area contributed by atoms with Gasteiger partial charge >= 0.3 is 29.6 Å². The molecule has 0 atom stereocenters. The van der Waals surface area contributed by atoms with Gasteiger partial charge in [0.2, 0.25) is 0 Å². The Morgan fingerprint density at radius 2 is 2.22 bits per heavy atom. The zero-order valence-corrected chi connectivity index (χ0v) is 7.29. The van der Waals surface area contributed by atoms with Crippen molar-refractivity contribution in [3.63, 3.8) is 0 Å². The van der Waals surface area contributed by atoms with E-state index in [1.165, 1.54) is 0 Å². The summed E-state index contributed by atoms with van der Waals surface area (Å²) in [5.41, 5.74) is 0.604. The fourth-order valence-corrected chi connectivity index (χ4v) is 0.481. The van der Waals surface area contributed by atoms with Gasteiger partial charge in [-0.3, -0.25) is 0 Å². The summed E-state index contributed by atoms with van der Waals surface area (Å²) in [7, 11) is 0. The van der Waals surface area contributed by atoms with E-state index in [0.29, 0.717) is 5.56 Å². The molecule has 1 rings (SSSR count). The summed E-state index contributed by atoms with van der Waals surface area (Å²) in [5.74, 6) is 0. The fraction of sp³-hybridized carbons (Fsp3) is 0. The Balaban J connectivity index is 0.000000640. The first-order valence-corrected chi connectivity index (χ1v) is 2.35. The van der Waals surface area contributed by atoms with Gasteiger partial charge in [-0.1, -0.05) is 0 Å². The fourth-order valence-electron chi connectivity index (χ4n) is 0.481. The van der Waals surface area contributed by atoms with Gasteiger partial charge in [0.25, 0.3) is 0 Å². The number of carbonyl (C=O) groups is 1. The van der Waals surface area contributed by atoms with E-state index >= 15 is 0 Å². The van der Waals surface area contributed by atoms with Gasteiger partial charge in [-0.05, 0) is 0 Å². The van der Waals surface area contributed by atoms with E-state index in [0.717, 1.165) is 6.29 Å². The Hall–Kier alpha value is -0.110. The molecule has 1 nitrogen and oxygen atoms in total. The van der Waals surface area contributed by atoms with Crippen LogP contribution < -0.4 is 29.6 Å². The number of rotatable bonds is 1. The second-order valence-corrected chi connectivity index (χ2v) is 1.44. The molecule has 0 bridgehead atoms. The van der Waals surface area contributed by atoms with Crippen LogP contribution in [-0.2, 0) is 0 Å². The molecule has 0 heterocycles. The smallest absolute Gasteiger partial charge is 0.355 e. The molecule has 0 N–H and O–H groups in total. The second-order valence-electron chi connectivity index (χ2n) is 1.44. The van der Waals surface area contributed by atoms with Crippen LogP contribution in [0.1, 0.15) is 10.4 Å². The molecule has 0 aliphatic carbocycles. The maximum absolute atomic E-state index is 9.98. The van der Waals surface area contributed by atoms with Crippen LogP contribution in [0.3, 0.4) is 0 Å². The number of hydrogen-bond acceptors (Lipinski definition) is 1. The van der Waals surface area contributed by atoms with Crippen LogP contribution in [0.5, 0.6) is 0 Å². The minimum atomic E-state index is 0. The molecule has 0 saturated carbocycles. The van der Waals surface area contributed by atoms with Crippen molar-refractivity contribution in [3.05, 3.63) is 35.9 Å². The molecule has 0 aromatic heterocycles. The van der Waals surface area contributed by atoms with Crippen LogP contribution in [0.4, 0.5) is 0 Å². The third-order valence-electron chi connectivity index (χ3n) is 0.860. The molecule has 0 spiro atoms. The number of benzene rings is 1. The molecular weight excluding hydrogens is 123 g/mol. The van der Waals surface area contributed by atoms with Crippen LogP contribution in [0.25, 0.3) is 0 Å². The monoisotopic (exact) mass is 128 g/mol. The predicted octanol–water partition coefficient (Wildman–Crippen LogP) is -1.70. The first-order valence-electron chi connectivity index (χ1n) is 2.35. The largest absolute Gasteiger partial charge is 1.00 e. The van der Waals surface area contributed by atoms with Gasteiger partial charge < -0.3 is 4.79 Å². The third-order valence-corrected chi connectivity index (χ3v) is 0.860. The molecule has 0 aliphatic heterocycles. The van der Waals surface area contributed by atoms with Crippen molar-refractivity contribution in [1.82, 2.24) is 0 Å². The van der Waals surface area contributed by atoms with Gasteiger partial charge in [0, 0.05) is 0 Å². The van der Waals surface area contributed by atoms with Gasteiger partial charge in [0.15, 0.2) is 0 Å². The van der Waals surface area contributed by atoms with Crippen molar-refractivity contribution in [3.8, 4) is 0 Å². The minimum Gasteiger partial charge on any atom is -0.355 e. The van der Waals surface area contributed by atoms with Crippen LogP contribution in [-0.4, -0.2) is 6.29 Å². The Kier molecular flexibility index (Phi) is 4.68. The zero-order valence-electron chi connectivity index (χ0n) is 5.29. The Morgan fingerprint density at radius 3 is 2.56 bits per heavy atom. The molecule has 0 amide bonds. The summed E-state index contributed by atoms with van der Waals surface area (Å²) >= 11 is 0. The summed E-state index contributed by atoms with van der Waals surface area (Å²) in [6.07, 6.45) is 0.778. The maximum atomic E-state index is 9.98. The summed E-state index contributed by atoms with van der Waals surface area (Å²) in [5, 5.41) is 0. The first kappa shape index (κ1) is 8.89.